The zero-order chi connectivity index (χ0) is 17.7. The number of amides is 1. The number of nitrogens with zero attached hydrogens (tertiary/aromatic N) is 1. The van der Waals surface area contributed by atoms with E-state index in [4.69, 9.17) is 4.74 Å². The summed E-state index contributed by atoms with van der Waals surface area (Å²) in [5.74, 6) is 0.362. The largest absolute Gasteiger partial charge is 0.507 e. The molecule has 2 N–H and O–H groups in total. The van der Waals surface area contributed by atoms with Crippen LogP contribution in [0.25, 0.3) is 0 Å². The number of hydrogen-bond acceptors (Lipinski definition) is 4. The number of carbonyl (C=O) groups excluding carboxylic acids is 1. The average molecular weight is 391 g/mol. The van der Waals surface area contributed by atoms with Gasteiger partial charge in [0.05, 0.1) is 5.71 Å². The quantitative estimate of drug-likeness (QED) is 0.603. The van der Waals surface area contributed by atoms with Crippen LogP contribution in [0.15, 0.2) is 46.0 Å². The fourth-order valence-electron chi connectivity index (χ4n) is 1.99. The van der Waals surface area contributed by atoms with E-state index in [-0.39, 0.29) is 18.3 Å². The maximum absolute atomic E-state index is 11.8. The molecule has 0 saturated heterocycles. The molecule has 2 aromatic rings. The molecule has 0 fully saturated rings. The lowest BCUT2D eigenvalue weighted by Crippen LogP contribution is -2.25. The van der Waals surface area contributed by atoms with E-state index in [9.17, 15) is 9.90 Å². The number of ether oxygens (including phenoxy) is 1. The second-order valence-electron chi connectivity index (χ2n) is 5.43. The van der Waals surface area contributed by atoms with Crippen LogP contribution in [-0.2, 0) is 4.79 Å². The lowest BCUT2D eigenvalue weighted by Gasteiger charge is -2.08. The number of phenols is 1. The van der Waals surface area contributed by atoms with Crippen molar-refractivity contribution in [2.45, 2.75) is 20.8 Å². The minimum atomic E-state index is -0.373. The van der Waals surface area contributed by atoms with E-state index in [1.165, 1.54) is 5.56 Å². The Morgan fingerprint density at radius 2 is 1.96 bits per heavy atom. The third kappa shape index (κ3) is 4.83. The lowest BCUT2D eigenvalue weighted by molar-refractivity contribution is -0.123. The highest BCUT2D eigenvalue weighted by Gasteiger charge is 2.07. The van der Waals surface area contributed by atoms with Crippen LogP contribution in [0.2, 0.25) is 0 Å². The minimum absolute atomic E-state index is 0.0973. The summed E-state index contributed by atoms with van der Waals surface area (Å²) in [4.78, 5) is 11.8. The molecular formula is C18H19BrN2O3. The number of benzene rings is 2. The summed E-state index contributed by atoms with van der Waals surface area (Å²) in [5.41, 5.74) is 5.73. The van der Waals surface area contributed by atoms with E-state index in [1.807, 2.05) is 32.0 Å². The molecule has 2 aromatic carbocycles. The Labute approximate surface area is 149 Å². The summed E-state index contributed by atoms with van der Waals surface area (Å²) >= 11 is 3.33. The zero-order valence-electron chi connectivity index (χ0n) is 13.8. The molecule has 0 spiro atoms. The van der Waals surface area contributed by atoms with Crippen molar-refractivity contribution in [2.75, 3.05) is 6.61 Å². The van der Waals surface area contributed by atoms with Crippen LogP contribution < -0.4 is 10.2 Å². The SMILES string of the molecule is C/C(=N\NC(=O)COc1ccc(C)c(C)c1)c1cc(Br)ccc1O. The third-order valence-corrected chi connectivity index (χ3v) is 4.04. The van der Waals surface area contributed by atoms with Crippen LogP contribution in [-0.4, -0.2) is 23.3 Å². The van der Waals surface area contributed by atoms with Gasteiger partial charge >= 0.3 is 0 Å². The predicted octanol–water partition coefficient (Wildman–Crippen LogP) is 3.69. The van der Waals surface area contributed by atoms with Gasteiger partial charge in [-0.05, 0) is 62.2 Å². The van der Waals surface area contributed by atoms with Crippen molar-refractivity contribution in [1.29, 1.82) is 0 Å². The van der Waals surface area contributed by atoms with Crippen molar-refractivity contribution in [2.24, 2.45) is 5.10 Å². The number of rotatable bonds is 5. The van der Waals surface area contributed by atoms with Crippen LogP contribution in [0, 0.1) is 13.8 Å². The highest BCUT2D eigenvalue weighted by Crippen LogP contribution is 2.22. The second kappa shape index (κ2) is 7.97. The van der Waals surface area contributed by atoms with Gasteiger partial charge in [0, 0.05) is 10.0 Å². The summed E-state index contributed by atoms with van der Waals surface area (Å²) in [5, 5.41) is 13.8. The summed E-state index contributed by atoms with van der Waals surface area (Å²) < 4.78 is 6.26. The van der Waals surface area contributed by atoms with Gasteiger partial charge in [0.25, 0.3) is 5.91 Å². The fourth-order valence-corrected chi connectivity index (χ4v) is 2.35. The maximum Gasteiger partial charge on any atom is 0.277 e. The molecule has 0 unspecified atom stereocenters. The Morgan fingerprint density at radius 3 is 2.67 bits per heavy atom. The Morgan fingerprint density at radius 1 is 1.21 bits per heavy atom. The Hall–Kier alpha value is -2.34. The van der Waals surface area contributed by atoms with E-state index in [0.717, 1.165) is 10.0 Å². The molecule has 126 valence electrons. The molecule has 6 heteroatoms. The summed E-state index contributed by atoms with van der Waals surface area (Å²) in [6.45, 7) is 5.57. The summed E-state index contributed by atoms with van der Waals surface area (Å²) in [7, 11) is 0. The molecule has 0 radical (unpaired) electrons. The minimum Gasteiger partial charge on any atom is -0.507 e. The normalized spacial score (nSPS) is 11.2. The van der Waals surface area contributed by atoms with Gasteiger partial charge in [-0.2, -0.15) is 5.10 Å². The number of hydrazone groups is 1. The molecule has 0 bridgehead atoms. The maximum atomic E-state index is 11.8. The van der Waals surface area contributed by atoms with E-state index in [1.54, 1.807) is 25.1 Å². The monoisotopic (exact) mass is 390 g/mol. The number of aromatic hydroxyl groups is 1. The summed E-state index contributed by atoms with van der Waals surface area (Å²) in [6, 6.07) is 10.7. The van der Waals surface area contributed by atoms with Crippen molar-refractivity contribution in [3.05, 3.63) is 57.6 Å². The Kier molecular flexibility index (Phi) is 5.98. The van der Waals surface area contributed by atoms with Crippen molar-refractivity contribution in [3.63, 3.8) is 0 Å². The van der Waals surface area contributed by atoms with Crippen LogP contribution in [0.3, 0.4) is 0 Å². The molecule has 2 rings (SSSR count). The van der Waals surface area contributed by atoms with E-state index in [2.05, 4.69) is 26.5 Å². The molecule has 5 nitrogen and oxygen atoms in total. The predicted molar refractivity (Wildman–Crippen MR) is 97.6 cm³/mol. The van der Waals surface area contributed by atoms with E-state index in [0.29, 0.717) is 17.0 Å². The number of halogens is 1. The van der Waals surface area contributed by atoms with Crippen LogP contribution in [0.5, 0.6) is 11.5 Å². The second-order valence-corrected chi connectivity index (χ2v) is 6.34. The van der Waals surface area contributed by atoms with E-state index >= 15 is 0 Å². The van der Waals surface area contributed by atoms with Gasteiger partial charge in [0.2, 0.25) is 0 Å². The number of nitrogens with one attached hydrogen (secondary N) is 1. The lowest BCUT2D eigenvalue weighted by atomic mass is 10.1. The zero-order valence-corrected chi connectivity index (χ0v) is 15.3. The third-order valence-electron chi connectivity index (χ3n) is 3.54. The first kappa shape index (κ1) is 18.0. The van der Waals surface area contributed by atoms with Crippen LogP contribution in [0.1, 0.15) is 23.6 Å². The smallest absolute Gasteiger partial charge is 0.277 e. The highest BCUT2D eigenvalue weighted by atomic mass is 79.9. The first-order valence-corrected chi connectivity index (χ1v) is 8.18. The molecule has 0 aliphatic rings. The molecule has 0 heterocycles. The van der Waals surface area contributed by atoms with Gasteiger partial charge in [0.1, 0.15) is 11.5 Å². The van der Waals surface area contributed by atoms with Crippen molar-refractivity contribution in [1.82, 2.24) is 5.43 Å². The highest BCUT2D eigenvalue weighted by molar-refractivity contribution is 9.10. The Balaban J connectivity index is 1.94. The molecule has 0 aliphatic heterocycles. The molecule has 0 atom stereocenters. The molecule has 1 amide bonds. The van der Waals surface area contributed by atoms with Gasteiger partial charge in [-0.25, -0.2) is 5.43 Å². The summed E-state index contributed by atoms with van der Waals surface area (Å²) in [6.07, 6.45) is 0. The number of phenolic OH excluding ortho intramolecular Hbond substituents is 1. The number of carbonyl (C=O) groups is 1. The van der Waals surface area contributed by atoms with Crippen molar-refractivity contribution >= 4 is 27.5 Å². The standard InChI is InChI=1S/C18H19BrN2O3/c1-11-4-6-15(8-12(11)2)24-10-18(23)21-20-13(3)16-9-14(19)5-7-17(16)22/h4-9,22H,10H2,1-3H3,(H,21,23)/b20-13+. The average Bonchev–Trinajstić information content (AvgIpc) is 2.56. The molecule has 0 aliphatic carbocycles. The van der Waals surface area contributed by atoms with Gasteiger partial charge in [-0.15, -0.1) is 0 Å². The molecule has 0 saturated carbocycles. The number of hydrogen-bond donors (Lipinski definition) is 2. The molecule has 0 aromatic heterocycles. The first-order chi connectivity index (χ1) is 11.4. The fraction of sp³-hybridized carbons (Fsp3) is 0.222. The van der Waals surface area contributed by atoms with Crippen LogP contribution in [0.4, 0.5) is 0 Å². The van der Waals surface area contributed by atoms with Gasteiger partial charge in [-0.3, -0.25) is 4.79 Å². The molecular weight excluding hydrogens is 372 g/mol. The topological polar surface area (TPSA) is 70.9 Å². The molecule has 24 heavy (non-hydrogen) atoms. The van der Waals surface area contributed by atoms with Crippen molar-refractivity contribution < 1.29 is 14.6 Å². The van der Waals surface area contributed by atoms with Gasteiger partial charge in [0.15, 0.2) is 6.61 Å². The van der Waals surface area contributed by atoms with Gasteiger partial charge < -0.3 is 9.84 Å². The van der Waals surface area contributed by atoms with E-state index < -0.39 is 0 Å². The first-order valence-electron chi connectivity index (χ1n) is 7.39. The Bertz CT molecular complexity index is 788. The van der Waals surface area contributed by atoms with Crippen molar-refractivity contribution in [3.8, 4) is 11.5 Å². The van der Waals surface area contributed by atoms with Gasteiger partial charge in [-0.1, -0.05) is 22.0 Å². The number of aryl methyl sites for hydroxylation is 2. The van der Waals surface area contributed by atoms with Crippen LogP contribution >= 0.6 is 15.9 Å².